The van der Waals surface area contributed by atoms with Crippen LogP contribution in [0, 0.1) is 5.82 Å². The average molecular weight is 198 g/mol. The number of halogens is 1. The van der Waals surface area contributed by atoms with Crippen LogP contribution in [0.15, 0.2) is 24.3 Å². The fraction of sp³-hybridized carbons (Fsp3) is 0.400. The van der Waals surface area contributed by atoms with Crippen molar-refractivity contribution in [1.29, 1.82) is 0 Å². The molecule has 0 saturated carbocycles. The zero-order valence-corrected chi connectivity index (χ0v) is 7.52. The van der Waals surface area contributed by atoms with Gasteiger partial charge in [-0.3, -0.25) is 0 Å². The number of hydrogen-bond acceptors (Lipinski definition) is 3. The molecule has 1 saturated heterocycles. The monoisotopic (exact) mass is 198 g/mol. The van der Waals surface area contributed by atoms with Gasteiger partial charge in [-0.15, -0.1) is 0 Å². The smallest absolute Gasteiger partial charge is 0.184 e. The van der Waals surface area contributed by atoms with E-state index in [9.17, 15) is 4.39 Å². The highest BCUT2D eigenvalue weighted by molar-refractivity contribution is 5.18. The Morgan fingerprint density at radius 2 is 2.36 bits per heavy atom. The third-order valence-electron chi connectivity index (χ3n) is 2.07. The SMILES string of the molecule is OCC1COC(c2cccc(F)c2)O1. The van der Waals surface area contributed by atoms with Crippen molar-refractivity contribution in [2.75, 3.05) is 13.2 Å². The van der Waals surface area contributed by atoms with Crippen LogP contribution in [0.5, 0.6) is 0 Å². The van der Waals surface area contributed by atoms with E-state index in [2.05, 4.69) is 0 Å². The van der Waals surface area contributed by atoms with Crippen LogP contribution in [-0.4, -0.2) is 24.4 Å². The van der Waals surface area contributed by atoms with Gasteiger partial charge in [0.1, 0.15) is 11.9 Å². The fourth-order valence-corrected chi connectivity index (χ4v) is 1.37. The van der Waals surface area contributed by atoms with Crippen molar-refractivity contribution < 1.29 is 19.0 Å². The molecular formula is C10H11FO3. The number of rotatable bonds is 2. The summed E-state index contributed by atoms with van der Waals surface area (Å²) in [4.78, 5) is 0. The Balaban J connectivity index is 2.09. The largest absolute Gasteiger partial charge is 0.394 e. The Morgan fingerprint density at radius 3 is 3.00 bits per heavy atom. The Hall–Kier alpha value is -0.970. The number of aliphatic hydroxyl groups excluding tert-OH is 1. The lowest BCUT2D eigenvalue weighted by Gasteiger charge is -2.10. The molecule has 1 aromatic carbocycles. The van der Waals surface area contributed by atoms with Crippen LogP contribution in [0.3, 0.4) is 0 Å². The van der Waals surface area contributed by atoms with Gasteiger partial charge in [0.2, 0.25) is 0 Å². The third-order valence-corrected chi connectivity index (χ3v) is 2.07. The maximum Gasteiger partial charge on any atom is 0.184 e. The van der Waals surface area contributed by atoms with Gasteiger partial charge in [-0.25, -0.2) is 4.39 Å². The first kappa shape index (κ1) is 9.58. The van der Waals surface area contributed by atoms with Crippen LogP contribution in [0.25, 0.3) is 0 Å². The summed E-state index contributed by atoms with van der Waals surface area (Å²) in [6.07, 6.45) is -0.855. The highest BCUT2D eigenvalue weighted by atomic mass is 19.1. The van der Waals surface area contributed by atoms with Crippen molar-refractivity contribution in [3.63, 3.8) is 0 Å². The maximum atomic E-state index is 12.8. The van der Waals surface area contributed by atoms with E-state index >= 15 is 0 Å². The van der Waals surface area contributed by atoms with Gasteiger partial charge in [-0.05, 0) is 12.1 Å². The summed E-state index contributed by atoms with van der Waals surface area (Å²) < 4.78 is 23.4. The number of hydrogen-bond donors (Lipinski definition) is 1. The molecule has 0 spiro atoms. The van der Waals surface area contributed by atoms with Crippen molar-refractivity contribution in [3.8, 4) is 0 Å². The minimum absolute atomic E-state index is 0.0776. The van der Waals surface area contributed by atoms with Gasteiger partial charge in [0.15, 0.2) is 6.29 Å². The quantitative estimate of drug-likeness (QED) is 0.776. The Bertz CT molecular complexity index is 316. The molecule has 1 aromatic rings. The summed E-state index contributed by atoms with van der Waals surface area (Å²) >= 11 is 0. The first-order chi connectivity index (χ1) is 6.79. The van der Waals surface area contributed by atoms with E-state index in [1.54, 1.807) is 12.1 Å². The summed E-state index contributed by atoms with van der Waals surface area (Å²) in [6.45, 7) is 0.267. The van der Waals surface area contributed by atoms with Gasteiger partial charge >= 0.3 is 0 Å². The molecule has 3 nitrogen and oxygen atoms in total. The molecule has 0 bridgehead atoms. The summed E-state index contributed by atoms with van der Waals surface area (Å²) in [7, 11) is 0. The molecule has 0 aromatic heterocycles. The van der Waals surface area contributed by atoms with Crippen LogP contribution >= 0.6 is 0 Å². The van der Waals surface area contributed by atoms with E-state index in [4.69, 9.17) is 14.6 Å². The van der Waals surface area contributed by atoms with Gasteiger partial charge < -0.3 is 14.6 Å². The molecule has 1 aliphatic rings. The molecule has 1 fully saturated rings. The maximum absolute atomic E-state index is 12.8. The number of ether oxygens (including phenoxy) is 2. The van der Waals surface area contributed by atoms with Gasteiger partial charge in [-0.2, -0.15) is 0 Å². The Morgan fingerprint density at radius 1 is 1.50 bits per heavy atom. The van der Waals surface area contributed by atoms with Crippen molar-refractivity contribution in [1.82, 2.24) is 0 Å². The minimum Gasteiger partial charge on any atom is -0.394 e. The summed E-state index contributed by atoms with van der Waals surface area (Å²) in [5, 5.41) is 8.81. The molecule has 1 heterocycles. The molecule has 2 atom stereocenters. The normalized spacial score (nSPS) is 26.7. The van der Waals surface area contributed by atoms with Crippen LogP contribution in [0.2, 0.25) is 0 Å². The number of benzene rings is 1. The lowest BCUT2D eigenvalue weighted by Crippen LogP contribution is -2.14. The molecule has 0 aliphatic carbocycles. The predicted octanol–water partition coefficient (Wildman–Crippen LogP) is 1.23. The second-order valence-electron chi connectivity index (χ2n) is 3.16. The molecule has 2 unspecified atom stereocenters. The zero-order valence-electron chi connectivity index (χ0n) is 7.52. The molecule has 1 aliphatic heterocycles. The molecule has 4 heteroatoms. The van der Waals surface area contributed by atoms with Crippen molar-refractivity contribution in [3.05, 3.63) is 35.6 Å². The molecule has 1 N–H and O–H groups in total. The second kappa shape index (κ2) is 4.04. The van der Waals surface area contributed by atoms with Gasteiger partial charge in [0.05, 0.1) is 13.2 Å². The summed E-state index contributed by atoms with van der Waals surface area (Å²) in [5.41, 5.74) is 0.640. The lowest BCUT2D eigenvalue weighted by molar-refractivity contribution is -0.0677. The van der Waals surface area contributed by atoms with Crippen molar-refractivity contribution >= 4 is 0 Å². The van der Waals surface area contributed by atoms with Gasteiger partial charge in [-0.1, -0.05) is 12.1 Å². The van der Waals surface area contributed by atoms with E-state index in [0.717, 1.165) is 0 Å². The van der Waals surface area contributed by atoms with E-state index in [1.165, 1.54) is 12.1 Å². The lowest BCUT2D eigenvalue weighted by atomic mass is 10.2. The van der Waals surface area contributed by atoms with Crippen LogP contribution in [0.1, 0.15) is 11.9 Å². The Labute approximate surface area is 81.1 Å². The van der Waals surface area contributed by atoms with Crippen LogP contribution in [0.4, 0.5) is 4.39 Å². The molecule has 2 rings (SSSR count). The van der Waals surface area contributed by atoms with Crippen LogP contribution in [-0.2, 0) is 9.47 Å². The first-order valence-electron chi connectivity index (χ1n) is 4.43. The Kier molecular flexibility index (Phi) is 2.77. The highest BCUT2D eigenvalue weighted by Gasteiger charge is 2.26. The first-order valence-corrected chi connectivity index (χ1v) is 4.43. The molecule has 76 valence electrons. The average Bonchev–Trinajstić information content (AvgIpc) is 2.66. The summed E-state index contributed by atoms with van der Waals surface area (Å²) in [6, 6.07) is 6.06. The topological polar surface area (TPSA) is 38.7 Å². The standard InChI is InChI=1S/C10H11FO3/c11-8-3-1-2-7(4-8)10-13-6-9(5-12)14-10/h1-4,9-10,12H,5-6H2. The molecular weight excluding hydrogens is 187 g/mol. The van der Waals surface area contributed by atoms with E-state index in [1.807, 2.05) is 0 Å². The van der Waals surface area contributed by atoms with Crippen molar-refractivity contribution in [2.24, 2.45) is 0 Å². The van der Waals surface area contributed by atoms with E-state index in [0.29, 0.717) is 12.2 Å². The highest BCUT2D eigenvalue weighted by Crippen LogP contribution is 2.26. The molecule has 0 amide bonds. The molecule has 14 heavy (non-hydrogen) atoms. The second-order valence-corrected chi connectivity index (χ2v) is 3.16. The van der Waals surface area contributed by atoms with Crippen molar-refractivity contribution in [2.45, 2.75) is 12.4 Å². The predicted molar refractivity (Wildman–Crippen MR) is 47.1 cm³/mol. The number of aliphatic hydroxyl groups is 1. The van der Waals surface area contributed by atoms with Gasteiger partial charge in [0.25, 0.3) is 0 Å². The summed E-state index contributed by atoms with van der Waals surface area (Å²) in [5.74, 6) is -0.317. The van der Waals surface area contributed by atoms with E-state index in [-0.39, 0.29) is 18.5 Å². The van der Waals surface area contributed by atoms with E-state index < -0.39 is 6.29 Å². The zero-order chi connectivity index (χ0) is 9.97. The fourth-order valence-electron chi connectivity index (χ4n) is 1.37. The van der Waals surface area contributed by atoms with Crippen LogP contribution < -0.4 is 0 Å². The minimum atomic E-state index is -0.553. The molecule has 0 radical (unpaired) electrons. The third kappa shape index (κ3) is 1.92. The van der Waals surface area contributed by atoms with Gasteiger partial charge in [0, 0.05) is 5.56 Å².